The molecule has 0 bridgehead atoms. The number of allylic oxidation sites excluding steroid dienone is 1. The van der Waals surface area contributed by atoms with Crippen molar-refractivity contribution in [3.63, 3.8) is 0 Å². The van der Waals surface area contributed by atoms with Crippen molar-refractivity contribution in [2.75, 3.05) is 13.1 Å². The summed E-state index contributed by atoms with van der Waals surface area (Å²) in [5, 5.41) is 11.8. The average Bonchev–Trinajstić information content (AvgIpc) is 3.31. The van der Waals surface area contributed by atoms with E-state index in [1.54, 1.807) is 18.2 Å². The molecule has 2 aliphatic rings. The molecule has 1 atom stereocenters. The van der Waals surface area contributed by atoms with Crippen LogP contribution in [0.4, 0.5) is 13.2 Å². The molecule has 1 unspecified atom stereocenters. The molecule has 1 aliphatic carbocycles. The first kappa shape index (κ1) is 23.2. The molecule has 5 nitrogen and oxygen atoms in total. The van der Waals surface area contributed by atoms with Crippen LogP contribution < -0.4 is 5.43 Å². The van der Waals surface area contributed by atoms with Gasteiger partial charge in [0, 0.05) is 36.1 Å². The third-order valence-corrected chi connectivity index (χ3v) is 6.58. The molecular weight excluding hydrogens is 457 g/mol. The third kappa shape index (κ3) is 3.98. The second-order valence-electron chi connectivity index (χ2n) is 8.30. The summed E-state index contributed by atoms with van der Waals surface area (Å²) in [4.78, 5) is 15.6. The molecule has 5 rings (SSSR count). The minimum atomic E-state index is -4.40. The van der Waals surface area contributed by atoms with Crippen LogP contribution in [-0.2, 0) is 12.6 Å². The van der Waals surface area contributed by atoms with Gasteiger partial charge in [0.25, 0.3) is 0 Å². The van der Waals surface area contributed by atoms with Crippen molar-refractivity contribution in [3.05, 3.63) is 86.2 Å². The van der Waals surface area contributed by atoms with E-state index in [0.717, 1.165) is 48.5 Å². The van der Waals surface area contributed by atoms with Gasteiger partial charge in [0.15, 0.2) is 5.43 Å². The average molecular weight is 479 g/mol. The highest BCUT2D eigenvalue weighted by Crippen LogP contribution is 2.38. The Balaban J connectivity index is 0.00000259. The molecule has 1 saturated heterocycles. The Labute approximate surface area is 192 Å². The topological polar surface area (TPSA) is 77.0 Å². The van der Waals surface area contributed by atoms with Gasteiger partial charge in [-0.05, 0) is 48.7 Å². The lowest BCUT2D eigenvalue weighted by atomic mass is 9.84. The SMILES string of the molecule is O.O=c1c2c(n(O)c3ccc(Cl)cc13)CC(c1ccc(C(F)(F)F)cc1)C=C2N1CCCC1. The number of likely N-dealkylation sites (tertiary alicyclic amines) is 1. The fourth-order valence-corrected chi connectivity index (χ4v) is 4.91. The molecule has 2 heterocycles. The number of hydrogen-bond acceptors (Lipinski definition) is 3. The van der Waals surface area contributed by atoms with E-state index in [4.69, 9.17) is 11.6 Å². The van der Waals surface area contributed by atoms with Gasteiger partial charge in [0.2, 0.25) is 0 Å². The number of rotatable bonds is 2. The summed E-state index contributed by atoms with van der Waals surface area (Å²) in [5.41, 5.74) is 1.76. The fourth-order valence-electron chi connectivity index (χ4n) is 4.74. The summed E-state index contributed by atoms with van der Waals surface area (Å²) >= 11 is 6.10. The van der Waals surface area contributed by atoms with Gasteiger partial charge in [-0.15, -0.1) is 0 Å². The van der Waals surface area contributed by atoms with Crippen molar-refractivity contribution >= 4 is 28.2 Å². The molecule has 174 valence electrons. The van der Waals surface area contributed by atoms with Crippen LogP contribution in [0.1, 0.15) is 41.1 Å². The lowest BCUT2D eigenvalue weighted by molar-refractivity contribution is -0.137. The molecule has 1 aliphatic heterocycles. The minimum Gasteiger partial charge on any atom is -0.428 e. The van der Waals surface area contributed by atoms with Crippen molar-refractivity contribution in [2.45, 2.75) is 31.4 Å². The van der Waals surface area contributed by atoms with Crippen LogP contribution in [-0.4, -0.2) is 33.4 Å². The van der Waals surface area contributed by atoms with Crippen LogP contribution in [0.3, 0.4) is 0 Å². The van der Waals surface area contributed by atoms with E-state index in [9.17, 15) is 23.2 Å². The first-order valence-electron chi connectivity index (χ1n) is 10.4. The summed E-state index contributed by atoms with van der Waals surface area (Å²) in [6.45, 7) is 1.56. The number of benzene rings is 2. The van der Waals surface area contributed by atoms with Gasteiger partial charge in [-0.25, -0.2) is 0 Å². The lowest BCUT2D eigenvalue weighted by Crippen LogP contribution is -2.30. The molecule has 33 heavy (non-hydrogen) atoms. The number of alkyl halides is 3. The molecule has 1 aromatic heterocycles. The Morgan fingerprint density at radius 1 is 1.03 bits per heavy atom. The summed E-state index contributed by atoms with van der Waals surface area (Å²) in [7, 11) is 0. The highest BCUT2D eigenvalue weighted by atomic mass is 35.5. The maximum absolute atomic E-state index is 13.5. The number of hydrogen-bond donors (Lipinski definition) is 1. The van der Waals surface area contributed by atoms with E-state index < -0.39 is 11.7 Å². The predicted molar refractivity (Wildman–Crippen MR) is 121 cm³/mol. The summed E-state index contributed by atoms with van der Waals surface area (Å²) in [6, 6.07) is 9.84. The molecule has 3 aromatic rings. The Bertz CT molecular complexity index is 1290. The second kappa shape index (κ2) is 8.43. The smallest absolute Gasteiger partial charge is 0.416 e. The van der Waals surface area contributed by atoms with Crippen molar-refractivity contribution in [1.82, 2.24) is 9.63 Å². The molecule has 0 radical (unpaired) electrons. The third-order valence-electron chi connectivity index (χ3n) is 6.34. The van der Waals surface area contributed by atoms with Gasteiger partial charge in [0.05, 0.1) is 27.7 Å². The van der Waals surface area contributed by atoms with E-state index in [-0.39, 0.29) is 16.8 Å². The van der Waals surface area contributed by atoms with Gasteiger partial charge >= 0.3 is 6.18 Å². The zero-order chi connectivity index (χ0) is 22.6. The fraction of sp³-hybridized carbons (Fsp3) is 0.292. The number of halogens is 4. The molecule has 2 aromatic carbocycles. The highest BCUT2D eigenvalue weighted by molar-refractivity contribution is 6.31. The van der Waals surface area contributed by atoms with Gasteiger partial charge in [-0.1, -0.05) is 29.8 Å². The van der Waals surface area contributed by atoms with Gasteiger partial charge in [-0.3, -0.25) is 4.79 Å². The zero-order valence-corrected chi connectivity index (χ0v) is 18.2. The van der Waals surface area contributed by atoms with E-state index in [1.165, 1.54) is 12.1 Å². The first-order chi connectivity index (χ1) is 15.2. The monoisotopic (exact) mass is 478 g/mol. The number of nitrogens with zero attached hydrogens (tertiary/aromatic N) is 2. The van der Waals surface area contributed by atoms with Gasteiger partial charge in [-0.2, -0.15) is 17.9 Å². The van der Waals surface area contributed by atoms with Gasteiger partial charge in [0.1, 0.15) is 0 Å². The summed E-state index contributed by atoms with van der Waals surface area (Å²) in [5.74, 6) is -0.275. The molecule has 9 heteroatoms. The van der Waals surface area contributed by atoms with E-state index >= 15 is 0 Å². The van der Waals surface area contributed by atoms with Crippen LogP contribution in [0.25, 0.3) is 16.6 Å². The summed E-state index contributed by atoms with van der Waals surface area (Å²) in [6.07, 6.45) is -0.176. The van der Waals surface area contributed by atoms with Crippen LogP contribution in [0, 0.1) is 0 Å². The maximum atomic E-state index is 13.5. The van der Waals surface area contributed by atoms with E-state index in [1.807, 2.05) is 6.08 Å². The summed E-state index contributed by atoms with van der Waals surface area (Å²) < 4.78 is 40.0. The largest absolute Gasteiger partial charge is 0.428 e. The molecular formula is C24H22ClF3N2O3. The molecule has 3 N–H and O–H groups in total. The van der Waals surface area contributed by atoms with Crippen molar-refractivity contribution in [2.24, 2.45) is 0 Å². The molecule has 1 fully saturated rings. The predicted octanol–water partition coefficient (Wildman–Crippen LogP) is 4.86. The Morgan fingerprint density at radius 3 is 2.33 bits per heavy atom. The number of pyridine rings is 1. The van der Waals surface area contributed by atoms with Crippen LogP contribution in [0.2, 0.25) is 5.02 Å². The van der Waals surface area contributed by atoms with Crippen LogP contribution in [0.5, 0.6) is 0 Å². The standard InChI is InChI=1S/C24H20ClF3N2O2.H2O/c25-17-7-8-19-18(13-17)23(31)22-20(29-9-1-2-10-29)11-15(12-21(22)30(19)32)14-3-5-16(6-4-14)24(26,27)28;/h3-8,11,13,15,32H,1-2,9-10,12H2;1H2. The van der Waals surface area contributed by atoms with E-state index in [0.29, 0.717) is 39.2 Å². The number of fused-ring (bicyclic) bond motifs is 2. The second-order valence-corrected chi connectivity index (χ2v) is 8.74. The van der Waals surface area contributed by atoms with Crippen molar-refractivity contribution in [1.29, 1.82) is 0 Å². The minimum absolute atomic E-state index is 0. The van der Waals surface area contributed by atoms with Gasteiger partial charge < -0.3 is 15.6 Å². The quantitative estimate of drug-likeness (QED) is 0.534. The molecule has 0 spiro atoms. The Kier molecular flexibility index (Phi) is 5.92. The van der Waals surface area contributed by atoms with Crippen LogP contribution in [0.15, 0.2) is 53.3 Å². The first-order valence-corrected chi connectivity index (χ1v) is 10.8. The van der Waals surface area contributed by atoms with Crippen LogP contribution >= 0.6 is 11.6 Å². The lowest BCUT2D eigenvalue weighted by Gasteiger charge is -2.31. The maximum Gasteiger partial charge on any atom is 0.416 e. The number of aromatic nitrogens is 1. The molecule has 0 saturated carbocycles. The Morgan fingerprint density at radius 2 is 1.70 bits per heavy atom. The normalized spacial score (nSPS) is 18.1. The highest BCUT2D eigenvalue weighted by Gasteiger charge is 2.33. The van der Waals surface area contributed by atoms with E-state index in [2.05, 4.69) is 4.90 Å². The van der Waals surface area contributed by atoms with Crippen molar-refractivity contribution < 1.29 is 23.9 Å². The molecule has 0 amide bonds. The zero-order valence-electron chi connectivity index (χ0n) is 17.5. The Hall–Kier alpha value is -2.97. The van der Waals surface area contributed by atoms with Crippen molar-refractivity contribution in [3.8, 4) is 0 Å².